The summed E-state index contributed by atoms with van der Waals surface area (Å²) in [5.41, 5.74) is 0. The van der Waals surface area contributed by atoms with E-state index in [0.717, 1.165) is 19.3 Å². The number of ether oxygens (including phenoxy) is 1. The van der Waals surface area contributed by atoms with Crippen molar-refractivity contribution in [3.63, 3.8) is 0 Å². The zero-order valence-corrected chi connectivity index (χ0v) is 11.7. The van der Waals surface area contributed by atoms with Crippen molar-refractivity contribution in [1.82, 2.24) is 0 Å². The molecule has 16 heavy (non-hydrogen) atoms. The van der Waals surface area contributed by atoms with Crippen LogP contribution in [-0.4, -0.2) is 17.4 Å². The molecule has 0 aliphatic carbocycles. The molecule has 0 spiro atoms. The minimum Gasteiger partial charge on any atom is -0.466 e. The van der Waals surface area contributed by atoms with Crippen LogP contribution < -0.4 is 0 Å². The van der Waals surface area contributed by atoms with Gasteiger partial charge in [-0.3, -0.25) is 4.79 Å². The highest BCUT2D eigenvalue weighted by atomic mass is 35.5. The number of rotatable bonds is 9. The van der Waals surface area contributed by atoms with Crippen molar-refractivity contribution in [3.8, 4) is 0 Å². The van der Waals surface area contributed by atoms with Gasteiger partial charge in [-0.2, -0.15) is 0 Å². The minimum atomic E-state index is -0.662. The van der Waals surface area contributed by atoms with E-state index in [-0.39, 0.29) is 11.9 Å². The molecule has 0 heterocycles. The smallest absolute Gasteiger partial charge is 0.311 e. The largest absolute Gasteiger partial charge is 0.466 e. The number of hydrogen-bond donors (Lipinski definition) is 0. The first-order valence-corrected chi connectivity index (χ1v) is 6.95. The van der Waals surface area contributed by atoms with Crippen molar-refractivity contribution in [2.45, 2.75) is 57.2 Å². The monoisotopic (exact) mass is 268 g/mol. The molecule has 0 amide bonds. The molecule has 0 radical (unpaired) electrons. The molecule has 1 atom stereocenters. The first kappa shape index (κ1) is 16.1. The third-order valence-electron chi connectivity index (χ3n) is 2.51. The van der Waals surface area contributed by atoms with Crippen LogP contribution in [0.5, 0.6) is 0 Å². The average molecular weight is 269 g/mol. The topological polar surface area (TPSA) is 26.3 Å². The normalized spacial score (nSPS) is 12.8. The fourth-order valence-corrected chi connectivity index (χ4v) is 2.02. The number of esters is 1. The number of halogens is 2. The molecule has 0 aromatic rings. The molecular formula is C12H22Cl2O2. The van der Waals surface area contributed by atoms with Crippen molar-refractivity contribution < 1.29 is 9.53 Å². The van der Waals surface area contributed by atoms with Gasteiger partial charge in [0.05, 0.1) is 12.5 Å². The SMILES string of the molecule is CCCCCCCC(C(=O)OCC)C(Cl)Cl. The average Bonchev–Trinajstić information content (AvgIpc) is 2.23. The van der Waals surface area contributed by atoms with Crippen LogP contribution >= 0.6 is 23.2 Å². The maximum atomic E-state index is 11.5. The number of alkyl halides is 2. The second-order valence-electron chi connectivity index (χ2n) is 3.90. The predicted octanol–water partition coefficient (Wildman–Crippen LogP) is 4.33. The Hall–Kier alpha value is 0.0500. The van der Waals surface area contributed by atoms with Crippen molar-refractivity contribution >= 4 is 29.2 Å². The summed E-state index contributed by atoms with van der Waals surface area (Å²) in [6.45, 7) is 4.34. The highest BCUT2D eigenvalue weighted by Crippen LogP contribution is 2.23. The summed E-state index contributed by atoms with van der Waals surface area (Å²) in [7, 11) is 0. The fraction of sp³-hybridized carbons (Fsp3) is 0.917. The lowest BCUT2D eigenvalue weighted by Crippen LogP contribution is -2.23. The molecule has 96 valence electrons. The van der Waals surface area contributed by atoms with Crippen LogP contribution in [0.25, 0.3) is 0 Å². The maximum Gasteiger partial charge on any atom is 0.311 e. The summed E-state index contributed by atoms with van der Waals surface area (Å²) in [5, 5.41) is 0. The molecule has 0 rings (SSSR count). The summed E-state index contributed by atoms with van der Waals surface area (Å²) in [6.07, 6.45) is 6.51. The van der Waals surface area contributed by atoms with Gasteiger partial charge >= 0.3 is 5.97 Å². The highest BCUT2D eigenvalue weighted by molar-refractivity contribution is 6.45. The molecule has 2 nitrogen and oxygen atoms in total. The van der Waals surface area contributed by atoms with Gasteiger partial charge in [0.2, 0.25) is 0 Å². The Morgan fingerprint density at radius 3 is 2.25 bits per heavy atom. The van der Waals surface area contributed by atoms with E-state index >= 15 is 0 Å². The molecule has 0 N–H and O–H groups in total. The molecule has 0 aromatic carbocycles. The first-order chi connectivity index (χ1) is 7.63. The minimum absolute atomic E-state index is 0.270. The number of carbonyl (C=O) groups excluding carboxylic acids is 1. The third-order valence-corrected chi connectivity index (χ3v) is 3.12. The van der Waals surface area contributed by atoms with E-state index in [1.54, 1.807) is 6.92 Å². The zero-order chi connectivity index (χ0) is 12.4. The second kappa shape index (κ2) is 10.2. The number of carbonyl (C=O) groups is 1. The molecule has 1 unspecified atom stereocenters. The van der Waals surface area contributed by atoms with Gasteiger partial charge in [0.25, 0.3) is 0 Å². The molecule has 4 heteroatoms. The van der Waals surface area contributed by atoms with Crippen LogP contribution in [0.2, 0.25) is 0 Å². The molecule has 0 aliphatic rings. The van der Waals surface area contributed by atoms with Gasteiger partial charge in [-0.25, -0.2) is 0 Å². The molecule has 0 aliphatic heterocycles. The quantitative estimate of drug-likeness (QED) is 0.354. The van der Waals surface area contributed by atoms with E-state index in [9.17, 15) is 4.79 Å². The van der Waals surface area contributed by atoms with Gasteiger partial charge < -0.3 is 4.74 Å². The molecule has 0 fully saturated rings. The lowest BCUT2D eigenvalue weighted by molar-refractivity contribution is -0.147. The summed E-state index contributed by atoms with van der Waals surface area (Å²) < 4.78 is 4.94. The summed E-state index contributed by atoms with van der Waals surface area (Å²) >= 11 is 11.6. The summed E-state index contributed by atoms with van der Waals surface area (Å²) in [4.78, 5) is 10.9. The van der Waals surface area contributed by atoms with Gasteiger partial charge in [-0.05, 0) is 13.3 Å². The van der Waals surface area contributed by atoms with E-state index in [4.69, 9.17) is 27.9 Å². The van der Waals surface area contributed by atoms with E-state index < -0.39 is 4.84 Å². The Labute approximate surface area is 109 Å². The van der Waals surface area contributed by atoms with E-state index in [1.807, 2.05) is 0 Å². The van der Waals surface area contributed by atoms with Crippen LogP contribution in [0.15, 0.2) is 0 Å². The molecule has 0 saturated carbocycles. The van der Waals surface area contributed by atoms with Crippen LogP contribution in [0.1, 0.15) is 52.4 Å². The fourth-order valence-electron chi connectivity index (χ4n) is 1.56. The van der Waals surface area contributed by atoms with Crippen LogP contribution in [-0.2, 0) is 9.53 Å². The number of unbranched alkanes of at least 4 members (excludes halogenated alkanes) is 4. The Kier molecular flexibility index (Phi) is 10.3. The van der Waals surface area contributed by atoms with Gasteiger partial charge in [0.15, 0.2) is 0 Å². The Balaban J connectivity index is 3.81. The molecular weight excluding hydrogens is 247 g/mol. The van der Waals surface area contributed by atoms with Gasteiger partial charge in [-0.1, -0.05) is 39.0 Å². The predicted molar refractivity (Wildman–Crippen MR) is 69.0 cm³/mol. The maximum absolute atomic E-state index is 11.5. The summed E-state index contributed by atoms with van der Waals surface area (Å²) in [6, 6.07) is 0. The van der Waals surface area contributed by atoms with E-state index in [1.165, 1.54) is 19.3 Å². The highest BCUT2D eigenvalue weighted by Gasteiger charge is 2.25. The van der Waals surface area contributed by atoms with Gasteiger partial charge in [-0.15, -0.1) is 23.2 Å². The lowest BCUT2D eigenvalue weighted by atomic mass is 10.0. The first-order valence-electron chi connectivity index (χ1n) is 6.08. The van der Waals surface area contributed by atoms with Crippen molar-refractivity contribution in [2.24, 2.45) is 5.92 Å². The Morgan fingerprint density at radius 2 is 1.75 bits per heavy atom. The van der Waals surface area contributed by atoms with Crippen LogP contribution in [0.3, 0.4) is 0 Å². The molecule has 0 aromatic heterocycles. The van der Waals surface area contributed by atoms with Crippen molar-refractivity contribution in [3.05, 3.63) is 0 Å². The van der Waals surface area contributed by atoms with Gasteiger partial charge in [0.1, 0.15) is 4.84 Å². The molecule has 0 saturated heterocycles. The van der Waals surface area contributed by atoms with E-state index in [0.29, 0.717) is 6.61 Å². The third kappa shape index (κ3) is 7.34. The second-order valence-corrected chi connectivity index (χ2v) is 5.06. The Morgan fingerprint density at radius 1 is 1.12 bits per heavy atom. The number of hydrogen-bond acceptors (Lipinski definition) is 2. The zero-order valence-electron chi connectivity index (χ0n) is 10.2. The van der Waals surface area contributed by atoms with E-state index in [2.05, 4.69) is 6.92 Å². The Bertz CT molecular complexity index is 184. The standard InChI is InChI=1S/C12H22Cl2O2/c1-3-5-6-7-8-9-10(11(13)14)12(15)16-4-2/h10-11H,3-9H2,1-2H3. The van der Waals surface area contributed by atoms with Crippen molar-refractivity contribution in [2.75, 3.05) is 6.61 Å². The summed E-state index contributed by atoms with van der Waals surface area (Å²) in [5.74, 6) is -0.641. The van der Waals surface area contributed by atoms with Crippen molar-refractivity contribution in [1.29, 1.82) is 0 Å². The van der Waals surface area contributed by atoms with Gasteiger partial charge in [0, 0.05) is 0 Å². The lowest BCUT2D eigenvalue weighted by Gasteiger charge is -2.15. The molecule has 0 bridgehead atoms. The van der Waals surface area contributed by atoms with Crippen LogP contribution in [0, 0.1) is 5.92 Å². The van der Waals surface area contributed by atoms with Crippen LogP contribution in [0.4, 0.5) is 0 Å².